The lowest BCUT2D eigenvalue weighted by atomic mass is 10.2. The van der Waals surface area contributed by atoms with Gasteiger partial charge in [-0.1, -0.05) is 0 Å². The third-order valence-corrected chi connectivity index (χ3v) is 4.00. The van der Waals surface area contributed by atoms with E-state index in [1.54, 1.807) is 23.1 Å². The maximum Gasteiger partial charge on any atom is 0.257 e. The highest BCUT2D eigenvalue weighted by molar-refractivity contribution is 6.05. The molecule has 1 N–H and O–H groups in total. The molecule has 4 rings (SSSR count). The van der Waals surface area contributed by atoms with Crippen molar-refractivity contribution in [2.24, 2.45) is 0 Å². The molecular formula is C16H18N6O. The summed E-state index contributed by atoms with van der Waals surface area (Å²) in [6.07, 6.45) is 9.22. The Hall–Kier alpha value is -2.70. The van der Waals surface area contributed by atoms with E-state index in [1.807, 2.05) is 26.4 Å². The minimum atomic E-state index is -0.205. The summed E-state index contributed by atoms with van der Waals surface area (Å²) >= 11 is 0. The van der Waals surface area contributed by atoms with E-state index in [4.69, 9.17) is 0 Å². The molecule has 1 fully saturated rings. The van der Waals surface area contributed by atoms with Crippen LogP contribution in [0.25, 0.3) is 11.2 Å². The number of nitrogens with zero attached hydrogens (tertiary/aromatic N) is 5. The van der Waals surface area contributed by atoms with E-state index in [0.29, 0.717) is 17.3 Å². The number of fused-ring (bicyclic) bond motifs is 1. The third-order valence-electron chi connectivity index (χ3n) is 4.00. The minimum Gasteiger partial charge on any atom is -0.319 e. The van der Waals surface area contributed by atoms with Gasteiger partial charge in [0.05, 0.1) is 23.8 Å². The van der Waals surface area contributed by atoms with Gasteiger partial charge in [-0.2, -0.15) is 5.10 Å². The van der Waals surface area contributed by atoms with Crippen molar-refractivity contribution in [3.63, 3.8) is 0 Å². The Morgan fingerprint density at radius 1 is 1.30 bits per heavy atom. The highest BCUT2D eigenvalue weighted by Gasteiger charge is 2.25. The van der Waals surface area contributed by atoms with E-state index in [1.165, 1.54) is 12.8 Å². The van der Waals surface area contributed by atoms with Crippen molar-refractivity contribution in [3.8, 4) is 0 Å². The summed E-state index contributed by atoms with van der Waals surface area (Å²) in [5, 5.41) is 7.06. The highest BCUT2D eigenvalue weighted by atomic mass is 16.1. The van der Waals surface area contributed by atoms with Crippen molar-refractivity contribution in [1.82, 2.24) is 24.3 Å². The minimum absolute atomic E-state index is 0.205. The van der Waals surface area contributed by atoms with E-state index in [2.05, 4.69) is 25.0 Å². The summed E-state index contributed by atoms with van der Waals surface area (Å²) < 4.78 is 3.89. The van der Waals surface area contributed by atoms with Crippen molar-refractivity contribution in [3.05, 3.63) is 36.5 Å². The summed E-state index contributed by atoms with van der Waals surface area (Å²) in [6.45, 7) is 4.07. The summed E-state index contributed by atoms with van der Waals surface area (Å²) in [4.78, 5) is 21.1. The Bertz CT molecular complexity index is 874. The average molecular weight is 310 g/mol. The Kier molecular flexibility index (Phi) is 3.14. The molecule has 0 aliphatic heterocycles. The standard InChI is InChI=1S/C16H18N6O/c1-10(2)22-8-12(7-19-22)20-16(23)11-5-14-15(17-6-11)21(9-18-14)13-3-4-13/h5-10,13H,3-4H2,1-2H3,(H,20,23). The number of nitrogens with one attached hydrogen (secondary N) is 1. The molecule has 3 heterocycles. The SMILES string of the molecule is CC(C)n1cc(NC(=O)c2cnc3c(c2)ncn3C2CC2)cn1. The number of pyridine rings is 1. The zero-order chi connectivity index (χ0) is 16.0. The van der Waals surface area contributed by atoms with Crippen LogP contribution < -0.4 is 5.32 Å². The molecule has 1 saturated carbocycles. The second-order valence-corrected chi connectivity index (χ2v) is 6.21. The van der Waals surface area contributed by atoms with Crippen LogP contribution in [0.2, 0.25) is 0 Å². The number of rotatable bonds is 4. The molecule has 0 spiro atoms. The zero-order valence-electron chi connectivity index (χ0n) is 13.1. The van der Waals surface area contributed by atoms with E-state index in [0.717, 1.165) is 11.2 Å². The summed E-state index contributed by atoms with van der Waals surface area (Å²) in [6, 6.07) is 2.56. The second kappa shape index (κ2) is 5.19. The lowest BCUT2D eigenvalue weighted by molar-refractivity contribution is 0.102. The molecule has 7 nitrogen and oxygen atoms in total. The Morgan fingerprint density at radius 2 is 2.13 bits per heavy atom. The van der Waals surface area contributed by atoms with E-state index in [9.17, 15) is 4.79 Å². The van der Waals surface area contributed by atoms with Gasteiger partial charge in [0.2, 0.25) is 0 Å². The van der Waals surface area contributed by atoms with Crippen LogP contribution in [-0.2, 0) is 0 Å². The average Bonchev–Trinajstić information content (AvgIpc) is 3.11. The van der Waals surface area contributed by atoms with Crippen molar-refractivity contribution < 1.29 is 4.79 Å². The summed E-state index contributed by atoms with van der Waals surface area (Å²) in [7, 11) is 0. The first-order chi connectivity index (χ1) is 11.1. The normalized spacial score (nSPS) is 14.6. The van der Waals surface area contributed by atoms with Gasteiger partial charge in [0.15, 0.2) is 5.65 Å². The maximum atomic E-state index is 12.4. The molecule has 1 aliphatic rings. The van der Waals surface area contributed by atoms with Crippen LogP contribution >= 0.6 is 0 Å². The summed E-state index contributed by atoms with van der Waals surface area (Å²) in [5.41, 5.74) is 2.77. The largest absolute Gasteiger partial charge is 0.319 e. The molecule has 0 unspecified atom stereocenters. The van der Waals surface area contributed by atoms with E-state index in [-0.39, 0.29) is 11.9 Å². The number of carbonyl (C=O) groups is 1. The van der Waals surface area contributed by atoms with Gasteiger partial charge in [-0.25, -0.2) is 9.97 Å². The molecule has 1 aliphatic carbocycles. The van der Waals surface area contributed by atoms with Crippen LogP contribution in [-0.4, -0.2) is 30.2 Å². The number of hydrogen-bond donors (Lipinski definition) is 1. The summed E-state index contributed by atoms with van der Waals surface area (Å²) in [5.74, 6) is -0.205. The predicted octanol–water partition coefficient (Wildman–Crippen LogP) is 2.80. The fourth-order valence-corrected chi connectivity index (χ4v) is 2.55. The number of hydrogen-bond acceptors (Lipinski definition) is 4. The fourth-order valence-electron chi connectivity index (χ4n) is 2.55. The Morgan fingerprint density at radius 3 is 2.83 bits per heavy atom. The number of anilines is 1. The van der Waals surface area contributed by atoms with Crippen LogP contribution in [0.1, 0.15) is 49.1 Å². The topological polar surface area (TPSA) is 77.6 Å². The highest BCUT2D eigenvalue weighted by Crippen LogP contribution is 2.36. The fraction of sp³-hybridized carbons (Fsp3) is 0.375. The van der Waals surface area contributed by atoms with Crippen molar-refractivity contribution in [2.45, 2.75) is 38.8 Å². The van der Waals surface area contributed by atoms with Gasteiger partial charge in [0.1, 0.15) is 5.52 Å². The molecule has 0 aromatic carbocycles. The predicted molar refractivity (Wildman–Crippen MR) is 86.4 cm³/mol. The van der Waals surface area contributed by atoms with Gasteiger partial charge in [-0.05, 0) is 32.8 Å². The quantitative estimate of drug-likeness (QED) is 0.804. The molecule has 0 saturated heterocycles. The van der Waals surface area contributed by atoms with Crippen LogP contribution in [0.3, 0.4) is 0 Å². The molecule has 3 aromatic heterocycles. The van der Waals surface area contributed by atoms with Crippen molar-refractivity contribution in [2.75, 3.05) is 5.32 Å². The van der Waals surface area contributed by atoms with Crippen LogP contribution in [0.15, 0.2) is 31.0 Å². The van der Waals surface area contributed by atoms with Gasteiger partial charge in [-0.3, -0.25) is 9.48 Å². The molecule has 118 valence electrons. The van der Waals surface area contributed by atoms with E-state index < -0.39 is 0 Å². The number of imidazole rings is 1. The first-order valence-electron chi connectivity index (χ1n) is 7.80. The van der Waals surface area contributed by atoms with Crippen molar-refractivity contribution in [1.29, 1.82) is 0 Å². The Balaban J connectivity index is 1.56. The van der Waals surface area contributed by atoms with Gasteiger partial charge < -0.3 is 9.88 Å². The lowest BCUT2D eigenvalue weighted by Gasteiger charge is -2.04. The van der Waals surface area contributed by atoms with Gasteiger partial charge in [-0.15, -0.1) is 0 Å². The van der Waals surface area contributed by atoms with E-state index >= 15 is 0 Å². The molecule has 3 aromatic rings. The molecule has 7 heteroatoms. The van der Waals surface area contributed by atoms with Gasteiger partial charge in [0, 0.05) is 24.5 Å². The van der Waals surface area contributed by atoms with Gasteiger partial charge >= 0.3 is 0 Å². The molecule has 0 atom stereocenters. The molecule has 23 heavy (non-hydrogen) atoms. The maximum absolute atomic E-state index is 12.4. The van der Waals surface area contributed by atoms with Gasteiger partial charge in [0.25, 0.3) is 5.91 Å². The van der Waals surface area contributed by atoms with Crippen LogP contribution in [0.4, 0.5) is 5.69 Å². The number of aromatic nitrogens is 5. The van der Waals surface area contributed by atoms with Crippen LogP contribution in [0.5, 0.6) is 0 Å². The first-order valence-corrected chi connectivity index (χ1v) is 7.80. The van der Waals surface area contributed by atoms with Crippen LogP contribution in [0, 0.1) is 0 Å². The zero-order valence-corrected chi connectivity index (χ0v) is 13.1. The molecule has 0 bridgehead atoms. The second-order valence-electron chi connectivity index (χ2n) is 6.21. The Labute approximate surface area is 133 Å². The smallest absolute Gasteiger partial charge is 0.257 e. The third kappa shape index (κ3) is 2.58. The lowest BCUT2D eigenvalue weighted by Crippen LogP contribution is -2.12. The molecular weight excluding hydrogens is 292 g/mol. The number of carbonyl (C=O) groups excluding carboxylic acids is 1. The van der Waals surface area contributed by atoms with Crippen molar-refractivity contribution >= 4 is 22.8 Å². The monoisotopic (exact) mass is 310 g/mol. The number of amides is 1. The first kappa shape index (κ1) is 13.9. The molecule has 1 amide bonds. The molecule has 0 radical (unpaired) electrons.